The molecule has 0 aliphatic rings. The second-order valence-corrected chi connectivity index (χ2v) is 3.87. The Morgan fingerprint density at radius 2 is 2.06 bits per heavy atom. The summed E-state index contributed by atoms with van der Waals surface area (Å²) in [4.78, 5) is 16.0. The second kappa shape index (κ2) is 9.22. The number of carbonyl (C=O) groups excluding carboxylic acids is 1. The van der Waals surface area contributed by atoms with Gasteiger partial charge >= 0.3 is 5.97 Å². The molecule has 0 spiro atoms. The molecule has 4 nitrogen and oxygen atoms in total. The van der Waals surface area contributed by atoms with Crippen molar-refractivity contribution in [3.8, 4) is 0 Å². The van der Waals surface area contributed by atoms with Crippen LogP contribution in [0.4, 0.5) is 0 Å². The van der Waals surface area contributed by atoms with E-state index in [1.165, 1.54) is 7.11 Å². The van der Waals surface area contributed by atoms with E-state index in [4.69, 9.17) is 4.84 Å². The number of benzene rings is 1. The molecule has 4 heteroatoms. The van der Waals surface area contributed by atoms with Crippen LogP contribution in [0.25, 0.3) is 0 Å². The van der Waals surface area contributed by atoms with E-state index in [0.29, 0.717) is 13.0 Å². The van der Waals surface area contributed by atoms with E-state index in [1.807, 2.05) is 30.3 Å². The van der Waals surface area contributed by atoms with Gasteiger partial charge in [-0.1, -0.05) is 35.5 Å². The third-order valence-corrected chi connectivity index (χ3v) is 2.41. The maximum Gasteiger partial charge on any atom is 0.305 e. The summed E-state index contributed by atoms with van der Waals surface area (Å²) in [6.45, 7) is 0.486. The molecule has 0 aliphatic carbocycles. The van der Waals surface area contributed by atoms with Gasteiger partial charge in [-0.3, -0.25) is 4.79 Å². The Morgan fingerprint density at radius 3 is 2.78 bits per heavy atom. The van der Waals surface area contributed by atoms with Gasteiger partial charge in [-0.15, -0.1) is 0 Å². The normalized spacial score (nSPS) is 10.5. The average molecular weight is 249 g/mol. The van der Waals surface area contributed by atoms with Gasteiger partial charge in [-0.05, 0) is 24.8 Å². The number of ether oxygens (including phenoxy) is 1. The van der Waals surface area contributed by atoms with Crippen LogP contribution in [0.5, 0.6) is 0 Å². The minimum absolute atomic E-state index is 0.160. The van der Waals surface area contributed by atoms with E-state index in [2.05, 4.69) is 9.89 Å². The number of nitrogens with zero attached hydrogens (tertiary/aromatic N) is 1. The van der Waals surface area contributed by atoms with E-state index in [1.54, 1.807) is 6.21 Å². The van der Waals surface area contributed by atoms with Crippen molar-refractivity contribution < 1.29 is 14.4 Å². The molecule has 98 valence electrons. The van der Waals surface area contributed by atoms with Gasteiger partial charge in [0.05, 0.1) is 7.11 Å². The molecule has 0 fully saturated rings. The smallest absolute Gasteiger partial charge is 0.305 e. The predicted molar refractivity (Wildman–Crippen MR) is 70.2 cm³/mol. The van der Waals surface area contributed by atoms with E-state index in [0.717, 1.165) is 24.8 Å². The average Bonchev–Trinajstić information content (AvgIpc) is 2.42. The molecular weight excluding hydrogens is 230 g/mol. The van der Waals surface area contributed by atoms with Crippen LogP contribution in [0.3, 0.4) is 0 Å². The number of hydrogen-bond donors (Lipinski definition) is 0. The Labute approximate surface area is 108 Å². The largest absolute Gasteiger partial charge is 0.469 e. The van der Waals surface area contributed by atoms with Crippen molar-refractivity contribution >= 4 is 12.2 Å². The SMILES string of the molecule is COC(=O)CCCC/C=N/OCc1ccccc1. The molecule has 0 radical (unpaired) electrons. The number of esters is 1. The van der Waals surface area contributed by atoms with Gasteiger partial charge in [-0.25, -0.2) is 0 Å². The highest BCUT2D eigenvalue weighted by atomic mass is 16.6. The summed E-state index contributed by atoms with van der Waals surface area (Å²) in [6.07, 6.45) is 4.74. The van der Waals surface area contributed by atoms with Gasteiger partial charge in [0.1, 0.15) is 6.61 Å². The van der Waals surface area contributed by atoms with Gasteiger partial charge < -0.3 is 9.57 Å². The minimum atomic E-state index is -0.160. The molecular formula is C14H19NO3. The van der Waals surface area contributed by atoms with Crippen LogP contribution in [0.2, 0.25) is 0 Å². The first-order valence-corrected chi connectivity index (χ1v) is 6.07. The van der Waals surface area contributed by atoms with Crippen molar-refractivity contribution in [2.45, 2.75) is 32.3 Å². The van der Waals surface area contributed by atoms with Crippen LogP contribution in [0.15, 0.2) is 35.5 Å². The first kappa shape index (κ1) is 14.2. The quantitative estimate of drug-likeness (QED) is 0.308. The van der Waals surface area contributed by atoms with Crippen molar-refractivity contribution in [2.75, 3.05) is 7.11 Å². The molecule has 0 atom stereocenters. The van der Waals surface area contributed by atoms with E-state index < -0.39 is 0 Å². The van der Waals surface area contributed by atoms with Gasteiger partial charge in [0, 0.05) is 12.6 Å². The zero-order valence-corrected chi connectivity index (χ0v) is 10.7. The summed E-state index contributed by atoms with van der Waals surface area (Å²) in [5, 5.41) is 3.86. The number of unbranched alkanes of at least 4 members (excludes halogenated alkanes) is 2. The Bertz CT molecular complexity index is 363. The van der Waals surface area contributed by atoms with Crippen LogP contribution >= 0.6 is 0 Å². The summed E-state index contributed by atoms with van der Waals surface area (Å²) in [5.41, 5.74) is 1.10. The van der Waals surface area contributed by atoms with Crippen molar-refractivity contribution in [1.29, 1.82) is 0 Å². The van der Waals surface area contributed by atoms with E-state index in [9.17, 15) is 4.79 Å². The molecule has 0 N–H and O–H groups in total. The first-order chi connectivity index (χ1) is 8.83. The lowest BCUT2D eigenvalue weighted by molar-refractivity contribution is -0.140. The molecule has 1 rings (SSSR count). The molecule has 0 bridgehead atoms. The zero-order chi connectivity index (χ0) is 13.1. The molecule has 0 heterocycles. The lowest BCUT2D eigenvalue weighted by atomic mass is 10.2. The fourth-order valence-corrected chi connectivity index (χ4v) is 1.40. The Hall–Kier alpha value is -1.84. The lowest BCUT2D eigenvalue weighted by Gasteiger charge is -1.99. The summed E-state index contributed by atoms with van der Waals surface area (Å²) in [7, 11) is 1.40. The topological polar surface area (TPSA) is 47.9 Å². The molecule has 18 heavy (non-hydrogen) atoms. The molecule has 1 aromatic carbocycles. The number of methoxy groups -OCH3 is 1. The van der Waals surface area contributed by atoms with Crippen LogP contribution in [-0.2, 0) is 21.0 Å². The molecule has 0 saturated heterocycles. The van der Waals surface area contributed by atoms with E-state index >= 15 is 0 Å². The summed E-state index contributed by atoms with van der Waals surface area (Å²) < 4.78 is 4.55. The van der Waals surface area contributed by atoms with Gasteiger partial charge in [0.2, 0.25) is 0 Å². The molecule has 0 aliphatic heterocycles. The van der Waals surface area contributed by atoms with Crippen molar-refractivity contribution in [1.82, 2.24) is 0 Å². The Balaban J connectivity index is 1.99. The Morgan fingerprint density at radius 1 is 1.28 bits per heavy atom. The lowest BCUT2D eigenvalue weighted by Crippen LogP contribution is -1.99. The molecule has 0 saturated carbocycles. The zero-order valence-electron chi connectivity index (χ0n) is 10.7. The van der Waals surface area contributed by atoms with Gasteiger partial charge in [0.15, 0.2) is 0 Å². The van der Waals surface area contributed by atoms with Crippen LogP contribution < -0.4 is 0 Å². The fraction of sp³-hybridized carbons (Fsp3) is 0.429. The second-order valence-electron chi connectivity index (χ2n) is 3.87. The van der Waals surface area contributed by atoms with Gasteiger partial charge in [-0.2, -0.15) is 0 Å². The van der Waals surface area contributed by atoms with Crippen LogP contribution in [0, 0.1) is 0 Å². The van der Waals surface area contributed by atoms with Gasteiger partial charge in [0.25, 0.3) is 0 Å². The minimum Gasteiger partial charge on any atom is -0.469 e. The fourth-order valence-electron chi connectivity index (χ4n) is 1.40. The molecule has 1 aromatic rings. The van der Waals surface area contributed by atoms with Crippen molar-refractivity contribution in [2.24, 2.45) is 5.16 Å². The summed E-state index contributed by atoms with van der Waals surface area (Å²) in [6, 6.07) is 9.89. The number of carbonyl (C=O) groups is 1. The first-order valence-electron chi connectivity index (χ1n) is 6.07. The van der Waals surface area contributed by atoms with E-state index in [-0.39, 0.29) is 5.97 Å². The number of oxime groups is 1. The standard InChI is InChI=1S/C14H19NO3/c1-17-14(16)10-6-3-7-11-15-18-12-13-8-4-2-5-9-13/h2,4-5,8-9,11H,3,6-7,10,12H2,1H3/b15-11+. The van der Waals surface area contributed by atoms with Crippen molar-refractivity contribution in [3.05, 3.63) is 35.9 Å². The highest BCUT2D eigenvalue weighted by molar-refractivity contribution is 5.69. The number of rotatable bonds is 8. The number of hydrogen-bond acceptors (Lipinski definition) is 4. The highest BCUT2D eigenvalue weighted by Crippen LogP contribution is 2.01. The van der Waals surface area contributed by atoms with Crippen LogP contribution in [0.1, 0.15) is 31.2 Å². The maximum absolute atomic E-state index is 10.8. The van der Waals surface area contributed by atoms with Crippen LogP contribution in [-0.4, -0.2) is 19.3 Å². The molecule has 0 amide bonds. The highest BCUT2D eigenvalue weighted by Gasteiger charge is 1.97. The third-order valence-electron chi connectivity index (χ3n) is 2.41. The molecule has 0 aromatic heterocycles. The third kappa shape index (κ3) is 6.68. The van der Waals surface area contributed by atoms with Crippen molar-refractivity contribution in [3.63, 3.8) is 0 Å². The molecule has 0 unspecified atom stereocenters. The predicted octanol–water partition coefficient (Wildman–Crippen LogP) is 2.92. The summed E-state index contributed by atoms with van der Waals surface area (Å²) in [5.74, 6) is -0.160. The summed E-state index contributed by atoms with van der Waals surface area (Å²) >= 11 is 0. The maximum atomic E-state index is 10.8. The Kier molecular flexibility index (Phi) is 7.28. The monoisotopic (exact) mass is 249 g/mol.